The molecule has 2 heterocycles. The number of carbonyl (C=O) groups excluding carboxylic acids is 2. The Balaban J connectivity index is 0.00000432. The standard InChI is InChI=1S/C24H35N3O6S.ClH/c28-22(9-8-18-10-12-25-13-11-18)27-14-4-5-19(16-27)23(29)26-15-20(24(30)31)17-34(32,33)21-6-2-1-3-7-21;/h1-3,6-7,18-20,25H,4-5,8-17H2,(H,26,29)(H,30,31);1H/t19-,20-;/m1./s1. The van der Waals surface area contributed by atoms with Crippen molar-refractivity contribution in [3.8, 4) is 0 Å². The summed E-state index contributed by atoms with van der Waals surface area (Å²) >= 11 is 0. The van der Waals surface area contributed by atoms with Crippen molar-refractivity contribution in [2.75, 3.05) is 38.5 Å². The molecule has 11 heteroatoms. The van der Waals surface area contributed by atoms with Gasteiger partial charge in [0, 0.05) is 26.1 Å². The lowest BCUT2D eigenvalue weighted by Gasteiger charge is -2.33. The highest BCUT2D eigenvalue weighted by molar-refractivity contribution is 7.91. The number of carboxylic acid groups (broad SMARTS) is 1. The number of carboxylic acids is 1. The number of sulfone groups is 1. The molecule has 3 rings (SSSR count). The van der Waals surface area contributed by atoms with Crippen LogP contribution in [0.15, 0.2) is 35.2 Å². The molecular formula is C24H36ClN3O6S. The van der Waals surface area contributed by atoms with Crippen LogP contribution in [0.2, 0.25) is 0 Å². The van der Waals surface area contributed by atoms with Gasteiger partial charge in [-0.1, -0.05) is 18.2 Å². The number of carbonyl (C=O) groups is 3. The van der Waals surface area contributed by atoms with Crippen molar-refractivity contribution < 1.29 is 27.9 Å². The molecule has 0 spiro atoms. The number of nitrogens with zero attached hydrogens (tertiary/aromatic N) is 1. The lowest BCUT2D eigenvalue weighted by Crippen LogP contribution is -2.47. The molecule has 1 aromatic carbocycles. The third kappa shape index (κ3) is 8.77. The van der Waals surface area contributed by atoms with E-state index in [1.807, 2.05) is 0 Å². The normalized spacial score (nSPS) is 19.9. The molecule has 2 fully saturated rings. The van der Waals surface area contributed by atoms with Gasteiger partial charge in [0.2, 0.25) is 11.8 Å². The Morgan fingerprint density at radius 3 is 2.46 bits per heavy atom. The van der Waals surface area contributed by atoms with E-state index in [2.05, 4.69) is 10.6 Å². The number of piperidine rings is 2. The van der Waals surface area contributed by atoms with Crippen LogP contribution >= 0.6 is 12.4 Å². The highest BCUT2D eigenvalue weighted by Gasteiger charge is 2.31. The Morgan fingerprint density at radius 2 is 1.80 bits per heavy atom. The minimum Gasteiger partial charge on any atom is -0.481 e. The molecule has 2 aliphatic heterocycles. The topological polar surface area (TPSA) is 133 Å². The van der Waals surface area contributed by atoms with Gasteiger partial charge in [-0.05, 0) is 63.2 Å². The Hall–Kier alpha value is -2.17. The summed E-state index contributed by atoms with van der Waals surface area (Å²) in [5, 5.41) is 15.5. The average Bonchev–Trinajstić information content (AvgIpc) is 2.86. The highest BCUT2D eigenvalue weighted by atomic mass is 35.5. The maximum absolute atomic E-state index is 12.7. The van der Waals surface area contributed by atoms with Crippen molar-refractivity contribution in [1.82, 2.24) is 15.5 Å². The Morgan fingerprint density at radius 1 is 1.11 bits per heavy atom. The van der Waals surface area contributed by atoms with Gasteiger partial charge in [-0.25, -0.2) is 8.42 Å². The summed E-state index contributed by atoms with van der Waals surface area (Å²) in [5.74, 6) is -3.27. The summed E-state index contributed by atoms with van der Waals surface area (Å²) < 4.78 is 25.1. The van der Waals surface area contributed by atoms with E-state index in [1.165, 1.54) is 12.1 Å². The van der Waals surface area contributed by atoms with E-state index in [9.17, 15) is 27.9 Å². The summed E-state index contributed by atoms with van der Waals surface area (Å²) in [7, 11) is -3.80. The fraction of sp³-hybridized carbons (Fsp3) is 0.625. The molecule has 0 aliphatic carbocycles. The number of amides is 2. The maximum atomic E-state index is 12.7. The van der Waals surface area contributed by atoms with Crippen LogP contribution in [-0.2, 0) is 24.2 Å². The van der Waals surface area contributed by atoms with Crippen LogP contribution < -0.4 is 10.6 Å². The van der Waals surface area contributed by atoms with Crippen LogP contribution in [-0.4, -0.2) is 74.7 Å². The zero-order chi connectivity index (χ0) is 24.6. The zero-order valence-corrected chi connectivity index (χ0v) is 21.5. The molecule has 0 radical (unpaired) electrons. The first-order valence-electron chi connectivity index (χ1n) is 12.0. The molecule has 1 aromatic rings. The third-order valence-corrected chi connectivity index (χ3v) is 8.60. The predicted octanol–water partition coefficient (Wildman–Crippen LogP) is 1.72. The van der Waals surface area contributed by atoms with Gasteiger partial charge in [0.15, 0.2) is 9.84 Å². The molecule has 0 bridgehead atoms. The minimum atomic E-state index is -3.80. The van der Waals surface area contributed by atoms with Gasteiger partial charge < -0.3 is 20.6 Å². The van der Waals surface area contributed by atoms with E-state index in [0.29, 0.717) is 38.3 Å². The van der Waals surface area contributed by atoms with Crippen LogP contribution in [0.4, 0.5) is 0 Å². The van der Waals surface area contributed by atoms with Gasteiger partial charge in [0.1, 0.15) is 0 Å². The fourth-order valence-corrected chi connectivity index (χ4v) is 6.20. The van der Waals surface area contributed by atoms with Crippen LogP contribution in [0.1, 0.15) is 38.5 Å². The molecular weight excluding hydrogens is 494 g/mol. The summed E-state index contributed by atoms with van der Waals surface area (Å²) in [5.41, 5.74) is 0. The molecule has 2 atom stereocenters. The Kier molecular flexibility index (Phi) is 11.5. The van der Waals surface area contributed by atoms with Gasteiger partial charge in [-0.3, -0.25) is 14.4 Å². The van der Waals surface area contributed by atoms with Crippen molar-refractivity contribution in [3.05, 3.63) is 30.3 Å². The lowest BCUT2D eigenvalue weighted by molar-refractivity contribution is -0.141. The summed E-state index contributed by atoms with van der Waals surface area (Å²) in [6.45, 7) is 2.66. The largest absolute Gasteiger partial charge is 0.481 e. The summed E-state index contributed by atoms with van der Waals surface area (Å²) in [6.07, 6.45) is 4.85. The van der Waals surface area contributed by atoms with E-state index in [4.69, 9.17) is 0 Å². The number of hydrogen-bond donors (Lipinski definition) is 3. The molecule has 2 aliphatic rings. The van der Waals surface area contributed by atoms with Crippen LogP contribution in [0.3, 0.4) is 0 Å². The van der Waals surface area contributed by atoms with Crippen LogP contribution in [0, 0.1) is 17.8 Å². The SMILES string of the molecule is Cl.O=C(O)[C@H](CNC(=O)[C@@H]1CCCN(C(=O)CCC2CCNCC2)C1)CS(=O)(=O)c1ccccc1. The second-order valence-corrected chi connectivity index (χ2v) is 11.3. The number of hydrogen-bond acceptors (Lipinski definition) is 6. The smallest absolute Gasteiger partial charge is 0.309 e. The van der Waals surface area contributed by atoms with Crippen LogP contribution in [0.25, 0.3) is 0 Å². The second-order valence-electron chi connectivity index (χ2n) is 9.29. The first kappa shape index (κ1) is 29.1. The average molecular weight is 530 g/mol. The molecule has 196 valence electrons. The third-order valence-electron chi connectivity index (χ3n) is 6.76. The summed E-state index contributed by atoms with van der Waals surface area (Å²) in [4.78, 5) is 38.9. The molecule has 0 saturated carbocycles. The van der Waals surface area contributed by atoms with E-state index in [1.54, 1.807) is 23.1 Å². The monoisotopic (exact) mass is 529 g/mol. The first-order chi connectivity index (χ1) is 16.3. The molecule has 35 heavy (non-hydrogen) atoms. The van der Waals surface area contributed by atoms with E-state index >= 15 is 0 Å². The number of benzene rings is 1. The quantitative estimate of drug-likeness (QED) is 0.420. The van der Waals surface area contributed by atoms with Crippen molar-refractivity contribution in [3.63, 3.8) is 0 Å². The van der Waals surface area contributed by atoms with E-state index in [-0.39, 0.29) is 35.7 Å². The Bertz CT molecular complexity index is 953. The Labute approximate surface area is 213 Å². The summed E-state index contributed by atoms with van der Waals surface area (Å²) in [6, 6.07) is 7.68. The molecule has 9 nitrogen and oxygen atoms in total. The van der Waals surface area contributed by atoms with E-state index in [0.717, 1.165) is 32.4 Å². The molecule has 3 N–H and O–H groups in total. The van der Waals surface area contributed by atoms with Gasteiger partial charge in [0.25, 0.3) is 0 Å². The molecule has 0 unspecified atom stereocenters. The number of rotatable bonds is 10. The number of nitrogens with one attached hydrogen (secondary N) is 2. The van der Waals surface area contributed by atoms with Crippen LogP contribution in [0.5, 0.6) is 0 Å². The van der Waals surface area contributed by atoms with Gasteiger partial charge in [-0.15, -0.1) is 12.4 Å². The first-order valence-corrected chi connectivity index (χ1v) is 13.7. The van der Waals surface area contributed by atoms with Crippen molar-refractivity contribution >= 4 is 40.0 Å². The van der Waals surface area contributed by atoms with Gasteiger partial charge in [-0.2, -0.15) is 0 Å². The molecule has 2 amide bonds. The number of halogens is 1. The lowest BCUT2D eigenvalue weighted by atomic mass is 9.92. The maximum Gasteiger partial charge on any atom is 0.309 e. The molecule has 0 aromatic heterocycles. The van der Waals surface area contributed by atoms with Gasteiger partial charge >= 0.3 is 5.97 Å². The van der Waals surface area contributed by atoms with E-state index < -0.39 is 33.4 Å². The predicted molar refractivity (Wildman–Crippen MR) is 134 cm³/mol. The van der Waals surface area contributed by atoms with Crippen molar-refractivity contribution in [2.45, 2.75) is 43.4 Å². The fourth-order valence-electron chi connectivity index (χ4n) is 4.65. The van der Waals surface area contributed by atoms with Gasteiger partial charge in [0.05, 0.1) is 22.5 Å². The highest BCUT2D eigenvalue weighted by Crippen LogP contribution is 2.22. The second kappa shape index (κ2) is 13.8. The van der Waals surface area contributed by atoms with Crippen molar-refractivity contribution in [2.24, 2.45) is 17.8 Å². The zero-order valence-electron chi connectivity index (χ0n) is 19.9. The van der Waals surface area contributed by atoms with Crippen molar-refractivity contribution in [1.29, 1.82) is 0 Å². The number of aliphatic carboxylic acids is 1. The minimum absolute atomic E-state index is 0. The molecule has 2 saturated heterocycles. The number of likely N-dealkylation sites (tertiary alicyclic amines) is 1.